The number of rotatable bonds is 8. The van der Waals surface area contributed by atoms with Crippen LogP contribution in [0.3, 0.4) is 0 Å². The Morgan fingerprint density at radius 3 is 2.31 bits per heavy atom. The highest BCUT2D eigenvalue weighted by atomic mass is 16.5. The van der Waals surface area contributed by atoms with E-state index in [4.69, 9.17) is 14.2 Å². The van der Waals surface area contributed by atoms with Gasteiger partial charge in [0.2, 0.25) is 0 Å². The Kier molecular flexibility index (Phi) is 7.29. The number of methoxy groups -OCH3 is 2. The van der Waals surface area contributed by atoms with Crippen LogP contribution in [0.4, 0.5) is 0 Å². The van der Waals surface area contributed by atoms with Gasteiger partial charge in [0, 0.05) is 5.56 Å². The summed E-state index contributed by atoms with van der Waals surface area (Å²) in [7, 11) is 3.05. The maximum atomic E-state index is 13.4. The molecule has 1 fully saturated rings. The van der Waals surface area contributed by atoms with E-state index in [2.05, 4.69) is 0 Å². The summed E-state index contributed by atoms with van der Waals surface area (Å²) in [6, 6.07) is 19.0. The topological polar surface area (TPSA) is 85.3 Å². The minimum absolute atomic E-state index is 0.00274. The van der Waals surface area contributed by atoms with Gasteiger partial charge in [0.1, 0.15) is 23.0 Å². The normalized spacial score (nSPS) is 16.8. The summed E-state index contributed by atoms with van der Waals surface area (Å²) >= 11 is 0. The van der Waals surface area contributed by atoms with Gasteiger partial charge in [-0.05, 0) is 49.7 Å². The molecule has 1 amide bonds. The highest BCUT2D eigenvalue weighted by Crippen LogP contribution is 2.42. The molecular formula is C29H29NO6. The average molecular weight is 488 g/mol. The first-order valence-corrected chi connectivity index (χ1v) is 11.7. The van der Waals surface area contributed by atoms with Crippen LogP contribution in [-0.2, 0) is 16.1 Å². The van der Waals surface area contributed by atoms with E-state index in [1.165, 1.54) is 12.0 Å². The van der Waals surface area contributed by atoms with Crippen molar-refractivity contribution in [2.75, 3.05) is 20.8 Å². The second kappa shape index (κ2) is 10.6. The number of amides is 1. The number of carbonyl (C=O) groups is 2. The van der Waals surface area contributed by atoms with Gasteiger partial charge in [-0.15, -0.1) is 0 Å². The molecule has 0 bridgehead atoms. The molecule has 7 heteroatoms. The first kappa shape index (κ1) is 24.9. The van der Waals surface area contributed by atoms with Gasteiger partial charge in [-0.2, -0.15) is 0 Å². The summed E-state index contributed by atoms with van der Waals surface area (Å²) in [4.78, 5) is 28.2. The molecule has 1 N–H and O–H groups in total. The Balaban J connectivity index is 1.89. The Bertz CT molecular complexity index is 1310. The van der Waals surface area contributed by atoms with E-state index in [9.17, 15) is 14.7 Å². The second-order valence-electron chi connectivity index (χ2n) is 8.44. The van der Waals surface area contributed by atoms with E-state index >= 15 is 0 Å². The lowest BCUT2D eigenvalue weighted by atomic mass is 9.94. The Morgan fingerprint density at radius 2 is 1.64 bits per heavy atom. The van der Waals surface area contributed by atoms with Crippen molar-refractivity contribution in [3.05, 3.63) is 94.6 Å². The summed E-state index contributed by atoms with van der Waals surface area (Å²) in [6.45, 7) is 4.40. The van der Waals surface area contributed by atoms with Crippen molar-refractivity contribution >= 4 is 17.4 Å². The van der Waals surface area contributed by atoms with Crippen LogP contribution in [0.15, 0.2) is 72.3 Å². The van der Waals surface area contributed by atoms with Crippen LogP contribution in [0.1, 0.15) is 35.2 Å². The fourth-order valence-electron chi connectivity index (χ4n) is 4.47. The number of ether oxygens (including phenoxy) is 3. The van der Waals surface area contributed by atoms with Gasteiger partial charge >= 0.3 is 0 Å². The minimum atomic E-state index is -0.823. The molecule has 7 nitrogen and oxygen atoms in total. The zero-order valence-corrected chi connectivity index (χ0v) is 20.8. The van der Waals surface area contributed by atoms with Gasteiger partial charge in [-0.3, -0.25) is 9.59 Å². The Labute approximate surface area is 210 Å². The molecule has 0 aliphatic carbocycles. The molecule has 4 rings (SSSR count). The lowest BCUT2D eigenvalue weighted by molar-refractivity contribution is -0.140. The summed E-state index contributed by atoms with van der Waals surface area (Å²) in [6.07, 6.45) is 0. The number of aliphatic hydroxyl groups excluding tert-OH is 1. The van der Waals surface area contributed by atoms with E-state index in [0.29, 0.717) is 35.0 Å². The fourth-order valence-corrected chi connectivity index (χ4v) is 4.47. The van der Waals surface area contributed by atoms with Crippen LogP contribution in [0, 0.1) is 6.92 Å². The molecule has 1 aliphatic rings. The van der Waals surface area contributed by atoms with E-state index in [1.807, 2.05) is 38.1 Å². The minimum Gasteiger partial charge on any atom is -0.507 e. The summed E-state index contributed by atoms with van der Waals surface area (Å²) in [5, 5.41) is 11.5. The monoisotopic (exact) mass is 487 g/mol. The van der Waals surface area contributed by atoms with Crippen molar-refractivity contribution in [1.82, 2.24) is 4.90 Å². The number of para-hydroxylation sites is 1. The number of hydrogen-bond donors (Lipinski definition) is 1. The molecule has 1 atom stereocenters. The molecule has 1 aliphatic heterocycles. The van der Waals surface area contributed by atoms with Crippen molar-refractivity contribution < 1.29 is 28.9 Å². The van der Waals surface area contributed by atoms with Crippen LogP contribution >= 0.6 is 0 Å². The van der Waals surface area contributed by atoms with Crippen molar-refractivity contribution in [1.29, 1.82) is 0 Å². The van der Waals surface area contributed by atoms with Crippen molar-refractivity contribution in [3.63, 3.8) is 0 Å². The largest absolute Gasteiger partial charge is 0.507 e. The maximum absolute atomic E-state index is 13.4. The molecule has 1 saturated heterocycles. The molecule has 1 heterocycles. The standard InChI is InChI=1S/C29H29NO6/c1-5-36-21-13-11-19(12-14-21)26-25(27(31)22-16-18(2)10-15-24(22)35-4)28(32)29(33)30(26)17-20-8-6-7-9-23(20)34-3/h6-16,26,31H,5,17H2,1-4H3/b27-25+. The third kappa shape index (κ3) is 4.64. The van der Waals surface area contributed by atoms with Gasteiger partial charge < -0.3 is 24.2 Å². The van der Waals surface area contributed by atoms with E-state index in [-0.39, 0.29) is 17.9 Å². The number of nitrogens with zero attached hydrogens (tertiary/aromatic N) is 1. The summed E-state index contributed by atoms with van der Waals surface area (Å²) in [5.74, 6) is -0.0685. The molecule has 1 unspecified atom stereocenters. The third-order valence-corrected chi connectivity index (χ3v) is 6.19. The molecule has 0 aromatic heterocycles. The first-order valence-electron chi connectivity index (χ1n) is 11.7. The van der Waals surface area contributed by atoms with E-state index < -0.39 is 17.7 Å². The maximum Gasteiger partial charge on any atom is 0.295 e. The highest BCUT2D eigenvalue weighted by molar-refractivity contribution is 6.46. The number of Topliss-reactive ketones (excluding diaryl/α,β-unsaturated/α-hetero) is 1. The zero-order chi connectivity index (χ0) is 25.8. The Morgan fingerprint density at radius 1 is 0.944 bits per heavy atom. The van der Waals surface area contributed by atoms with Gasteiger partial charge in [0.15, 0.2) is 0 Å². The average Bonchev–Trinajstić information content (AvgIpc) is 3.14. The molecule has 0 spiro atoms. The van der Waals surface area contributed by atoms with E-state index in [0.717, 1.165) is 11.1 Å². The Hall–Kier alpha value is -4.26. The van der Waals surface area contributed by atoms with Crippen LogP contribution in [0.25, 0.3) is 5.76 Å². The van der Waals surface area contributed by atoms with E-state index in [1.54, 1.807) is 49.6 Å². The third-order valence-electron chi connectivity index (χ3n) is 6.19. The molecule has 36 heavy (non-hydrogen) atoms. The lowest BCUT2D eigenvalue weighted by Gasteiger charge is -2.26. The van der Waals surface area contributed by atoms with Crippen LogP contribution in [-0.4, -0.2) is 42.5 Å². The van der Waals surface area contributed by atoms with Gasteiger partial charge in [-0.1, -0.05) is 42.0 Å². The zero-order valence-electron chi connectivity index (χ0n) is 20.8. The van der Waals surface area contributed by atoms with Crippen LogP contribution in [0.5, 0.6) is 17.2 Å². The predicted octanol–water partition coefficient (Wildman–Crippen LogP) is 5.03. The van der Waals surface area contributed by atoms with Gasteiger partial charge in [-0.25, -0.2) is 0 Å². The SMILES string of the molecule is CCOc1ccc(C2/C(=C(\O)c3cc(C)ccc3OC)C(=O)C(=O)N2Cc2ccccc2OC)cc1. The van der Waals surface area contributed by atoms with Gasteiger partial charge in [0.25, 0.3) is 11.7 Å². The molecule has 3 aromatic carbocycles. The number of benzene rings is 3. The smallest absolute Gasteiger partial charge is 0.295 e. The number of carbonyl (C=O) groups excluding carboxylic acids is 2. The number of ketones is 1. The molecule has 3 aromatic rings. The predicted molar refractivity (Wildman–Crippen MR) is 136 cm³/mol. The van der Waals surface area contributed by atoms with Crippen molar-refractivity contribution in [3.8, 4) is 17.2 Å². The molecule has 186 valence electrons. The fraction of sp³-hybridized carbons (Fsp3) is 0.241. The number of likely N-dealkylation sites (tertiary alicyclic amines) is 1. The van der Waals surface area contributed by atoms with Gasteiger partial charge in [0.05, 0.1) is 44.5 Å². The van der Waals surface area contributed by atoms with Crippen molar-refractivity contribution in [2.45, 2.75) is 26.4 Å². The molecule has 0 radical (unpaired) electrons. The highest BCUT2D eigenvalue weighted by Gasteiger charge is 2.46. The number of aliphatic hydroxyl groups is 1. The number of hydrogen-bond acceptors (Lipinski definition) is 6. The second-order valence-corrected chi connectivity index (χ2v) is 8.44. The van der Waals surface area contributed by atoms with Crippen LogP contribution < -0.4 is 14.2 Å². The molecular weight excluding hydrogens is 458 g/mol. The number of aryl methyl sites for hydroxylation is 1. The lowest BCUT2D eigenvalue weighted by Crippen LogP contribution is -2.29. The summed E-state index contributed by atoms with van der Waals surface area (Å²) in [5.41, 5.74) is 2.64. The summed E-state index contributed by atoms with van der Waals surface area (Å²) < 4.78 is 16.5. The molecule has 0 saturated carbocycles. The first-order chi connectivity index (χ1) is 17.4. The van der Waals surface area contributed by atoms with Crippen molar-refractivity contribution in [2.24, 2.45) is 0 Å². The van der Waals surface area contributed by atoms with Crippen LogP contribution in [0.2, 0.25) is 0 Å². The quantitative estimate of drug-likeness (QED) is 0.272.